The van der Waals surface area contributed by atoms with Crippen LogP contribution in [0.15, 0.2) is 97.1 Å². The summed E-state index contributed by atoms with van der Waals surface area (Å²) in [6, 6.07) is 30.7. The molecule has 0 aliphatic rings. The first-order valence-corrected chi connectivity index (χ1v) is 11.0. The molecular formula is C30H30O2. The fourth-order valence-electron chi connectivity index (χ4n) is 4.46. The first-order valence-electron chi connectivity index (χ1n) is 11.0. The minimum absolute atomic E-state index is 0.630. The Labute approximate surface area is 190 Å². The van der Waals surface area contributed by atoms with Gasteiger partial charge in [0.15, 0.2) is 11.2 Å². The number of hydrogen-bond acceptors (Lipinski definition) is 2. The van der Waals surface area contributed by atoms with Crippen molar-refractivity contribution in [3.05, 3.63) is 142 Å². The van der Waals surface area contributed by atoms with E-state index in [9.17, 15) is 10.2 Å². The molecule has 0 aliphatic heterocycles. The second-order valence-electron chi connectivity index (χ2n) is 8.75. The van der Waals surface area contributed by atoms with Crippen LogP contribution in [-0.2, 0) is 11.2 Å². The number of aryl methyl sites for hydroxylation is 4. The fourth-order valence-corrected chi connectivity index (χ4v) is 4.46. The molecule has 0 heterocycles. The molecule has 0 radical (unpaired) electrons. The van der Waals surface area contributed by atoms with Gasteiger partial charge in [0.2, 0.25) is 0 Å². The van der Waals surface area contributed by atoms with Gasteiger partial charge in [-0.1, -0.05) is 97.1 Å². The number of hydrogen-bond donors (Lipinski definition) is 2. The van der Waals surface area contributed by atoms with E-state index >= 15 is 0 Å². The largest absolute Gasteiger partial charge is 0.377 e. The van der Waals surface area contributed by atoms with E-state index in [0.29, 0.717) is 22.3 Å². The molecule has 4 aromatic carbocycles. The second kappa shape index (κ2) is 8.38. The Morgan fingerprint density at radius 3 is 1.09 bits per heavy atom. The summed E-state index contributed by atoms with van der Waals surface area (Å²) < 4.78 is 0. The van der Waals surface area contributed by atoms with Crippen LogP contribution in [0.25, 0.3) is 0 Å². The van der Waals surface area contributed by atoms with Crippen LogP contribution in [0.4, 0.5) is 0 Å². The summed E-state index contributed by atoms with van der Waals surface area (Å²) in [6.45, 7) is 8.16. The van der Waals surface area contributed by atoms with Gasteiger partial charge in [-0.05, 0) is 72.2 Å². The average Bonchev–Trinajstić information content (AvgIpc) is 2.82. The van der Waals surface area contributed by atoms with Gasteiger partial charge in [-0.15, -0.1) is 0 Å². The molecule has 0 spiro atoms. The fraction of sp³-hybridized carbons (Fsp3) is 0.200. The molecule has 0 aliphatic carbocycles. The zero-order valence-electron chi connectivity index (χ0n) is 19.1. The van der Waals surface area contributed by atoms with Crippen LogP contribution in [0.2, 0.25) is 0 Å². The third-order valence-electron chi connectivity index (χ3n) is 6.76. The first kappa shape index (κ1) is 22.0. The van der Waals surface area contributed by atoms with Gasteiger partial charge in [-0.3, -0.25) is 0 Å². The first-order chi connectivity index (χ1) is 15.3. The average molecular weight is 423 g/mol. The van der Waals surface area contributed by atoms with Gasteiger partial charge in [-0.2, -0.15) is 0 Å². The van der Waals surface area contributed by atoms with E-state index < -0.39 is 11.2 Å². The summed E-state index contributed by atoms with van der Waals surface area (Å²) in [4.78, 5) is 0. The molecule has 2 heteroatoms. The van der Waals surface area contributed by atoms with Gasteiger partial charge in [0, 0.05) is 0 Å². The van der Waals surface area contributed by atoms with Crippen molar-refractivity contribution in [1.29, 1.82) is 0 Å². The van der Waals surface area contributed by atoms with Crippen molar-refractivity contribution >= 4 is 0 Å². The van der Waals surface area contributed by atoms with Crippen LogP contribution in [0.5, 0.6) is 0 Å². The van der Waals surface area contributed by atoms with E-state index in [-0.39, 0.29) is 0 Å². The predicted molar refractivity (Wildman–Crippen MR) is 131 cm³/mol. The molecule has 0 saturated carbocycles. The van der Waals surface area contributed by atoms with E-state index in [0.717, 1.165) is 22.3 Å². The normalized spacial score (nSPS) is 12.1. The van der Waals surface area contributed by atoms with Crippen molar-refractivity contribution in [2.75, 3.05) is 0 Å². The third-order valence-corrected chi connectivity index (χ3v) is 6.76. The standard InChI is InChI=1S/C30H30O2/c1-21-15-17-27(19-23(21)3)30(32,28-18-16-22(2)24(4)20-28)29(31,25-11-7-5-8-12-25)26-13-9-6-10-14-26/h5-20,31-32H,1-4H3. The van der Waals surface area contributed by atoms with E-state index in [2.05, 4.69) is 13.8 Å². The zero-order chi connectivity index (χ0) is 22.9. The number of benzene rings is 4. The van der Waals surface area contributed by atoms with E-state index in [4.69, 9.17) is 0 Å². The quantitative estimate of drug-likeness (QED) is 0.408. The molecule has 0 bridgehead atoms. The Kier molecular flexibility index (Phi) is 5.77. The minimum atomic E-state index is -1.73. The summed E-state index contributed by atoms with van der Waals surface area (Å²) in [7, 11) is 0. The second-order valence-corrected chi connectivity index (χ2v) is 8.75. The van der Waals surface area contributed by atoms with Crippen LogP contribution in [-0.4, -0.2) is 10.2 Å². The van der Waals surface area contributed by atoms with Crippen molar-refractivity contribution in [3.8, 4) is 0 Å². The molecule has 0 aromatic heterocycles. The van der Waals surface area contributed by atoms with Crippen LogP contribution < -0.4 is 0 Å². The number of aliphatic hydroxyl groups is 2. The molecule has 4 rings (SSSR count). The molecule has 0 saturated heterocycles. The maximum Gasteiger partial charge on any atom is 0.152 e. The predicted octanol–water partition coefficient (Wildman–Crippen LogP) is 6.09. The SMILES string of the molecule is Cc1ccc(C(O)(c2ccc(C)c(C)c2)C(O)(c2ccccc2)c2ccccc2)cc1C. The topological polar surface area (TPSA) is 40.5 Å². The zero-order valence-corrected chi connectivity index (χ0v) is 19.1. The Morgan fingerprint density at radius 1 is 0.406 bits per heavy atom. The van der Waals surface area contributed by atoms with Gasteiger partial charge in [-0.25, -0.2) is 0 Å². The minimum Gasteiger partial charge on any atom is -0.377 e. The lowest BCUT2D eigenvalue weighted by Gasteiger charge is -2.45. The molecule has 0 fully saturated rings. The highest BCUT2D eigenvalue weighted by Crippen LogP contribution is 2.50. The van der Waals surface area contributed by atoms with E-state index in [1.807, 2.05) is 111 Å². The molecule has 0 atom stereocenters. The molecule has 0 amide bonds. The summed E-state index contributed by atoms with van der Waals surface area (Å²) >= 11 is 0. The van der Waals surface area contributed by atoms with Gasteiger partial charge in [0.1, 0.15) is 0 Å². The van der Waals surface area contributed by atoms with Gasteiger partial charge >= 0.3 is 0 Å². The van der Waals surface area contributed by atoms with Crippen LogP contribution in [0.3, 0.4) is 0 Å². The Balaban J connectivity index is 2.13. The summed E-state index contributed by atoms with van der Waals surface area (Å²) in [5.41, 5.74) is 3.51. The van der Waals surface area contributed by atoms with Crippen molar-refractivity contribution in [2.45, 2.75) is 38.9 Å². The Morgan fingerprint density at radius 2 is 0.750 bits per heavy atom. The maximum absolute atomic E-state index is 12.8. The molecular weight excluding hydrogens is 392 g/mol. The molecule has 32 heavy (non-hydrogen) atoms. The maximum atomic E-state index is 12.8. The van der Waals surface area contributed by atoms with Crippen molar-refractivity contribution in [1.82, 2.24) is 0 Å². The van der Waals surface area contributed by atoms with E-state index in [1.165, 1.54) is 0 Å². The van der Waals surface area contributed by atoms with Crippen molar-refractivity contribution in [2.24, 2.45) is 0 Å². The Hall–Kier alpha value is -3.20. The highest BCUT2D eigenvalue weighted by atomic mass is 16.4. The molecule has 2 nitrogen and oxygen atoms in total. The summed E-state index contributed by atoms with van der Waals surface area (Å²) in [5.74, 6) is 0. The van der Waals surface area contributed by atoms with Crippen molar-refractivity contribution < 1.29 is 10.2 Å². The summed E-state index contributed by atoms with van der Waals surface area (Å²) in [5, 5.41) is 25.4. The van der Waals surface area contributed by atoms with Crippen LogP contribution in [0, 0.1) is 27.7 Å². The van der Waals surface area contributed by atoms with Gasteiger partial charge in [0.25, 0.3) is 0 Å². The van der Waals surface area contributed by atoms with Crippen molar-refractivity contribution in [3.63, 3.8) is 0 Å². The monoisotopic (exact) mass is 422 g/mol. The lowest BCUT2D eigenvalue weighted by atomic mass is 9.66. The lowest BCUT2D eigenvalue weighted by Crippen LogP contribution is -2.51. The van der Waals surface area contributed by atoms with Crippen LogP contribution in [0.1, 0.15) is 44.5 Å². The third kappa shape index (κ3) is 3.46. The molecule has 4 aromatic rings. The molecule has 162 valence electrons. The smallest absolute Gasteiger partial charge is 0.152 e. The summed E-state index contributed by atoms with van der Waals surface area (Å²) in [6.07, 6.45) is 0. The van der Waals surface area contributed by atoms with Gasteiger partial charge in [0.05, 0.1) is 0 Å². The number of rotatable bonds is 5. The molecule has 0 unspecified atom stereocenters. The highest BCUT2D eigenvalue weighted by Gasteiger charge is 2.54. The lowest BCUT2D eigenvalue weighted by molar-refractivity contribution is -0.113. The molecule has 2 N–H and O–H groups in total. The van der Waals surface area contributed by atoms with Crippen LogP contribution >= 0.6 is 0 Å². The Bertz CT molecular complexity index is 1140. The van der Waals surface area contributed by atoms with Gasteiger partial charge < -0.3 is 10.2 Å². The highest BCUT2D eigenvalue weighted by molar-refractivity contribution is 5.52. The van der Waals surface area contributed by atoms with E-state index in [1.54, 1.807) is 0 Å².